The second kappa shape index (κ2) is 5.42. The number of aromatic nitrogens is 1. The Hall–Kier alpha value is -1.52. The fraction of sp³-hybridized carbons (Fsp3) is 0.286. The number of benzene rings is 1. The molecule has 0 aliphatic carbocycles. The lowest BCUT2D eigenvalue weighted by Crippen LogP contribution is -1.89. The maximum atomic E-state index is 11.4. The second-order valence-electron chi connectivity index (χ2n) is 4.12. The lowest BCUT2D eigenvalue weighted by atomic mass is 10.1. The predicted octanol–water partition coefficient (Wildman–Crippen LogP) is 3.47. The molecule has 2 aromatic rings. The molecule has 1 aromatic carbocycles. The fourth-order valence-corrected chi connectivity index (χ4v) is 2.77. The molecule has 0 aliphatic heterocycles. The average molecular weight is 261 g/mol. The highest BCUT2D eigenvalue weighted by Gasteiger charge is 2.12. The largest absolute Gasteiger partial charge is 0.380 e. The fourth-order valence-electron chi connectivity index (χ4n) is 1.81. The predicted molar refractivity (Wildman–Crippen MR) is 73.0 cm³/mol. The summed E-state index contributed by atoms with van der Waals surface area (Å²) in [6, 6.07) is 8.04. The Morgan fingerprint density at radius 1 is 1.44 bits per heavy atom. The van der Waals surface area contributed by atoms with Gasteiger partial charge in [-0.25, -0.2) is 4.98 Å². The Balaban J connectivity index is 2.39. The van der Waals surface area contributed by atoms with Gasteiger partial charge in [0.25, 0.3) is 0 Å². The number of rotatable bonds is 4. The molecule has 0 unspecified atom stereocenters. The quantitative estimate of drug-likeness (QED) is 0.791. The Labute approximate surface area is 110 Å². The molecular weight excluding hydrogens is 246 g/mol. The van der Waals surface area contributed by atoms with Gasteiger partial charge in [0.15, 0.2) is 5.78 Å². The van der Waals surface area contributed by atoms with Gasteiger partial charge in [-0.3, -0.25) is 4.79 Å². The number of thiazole rings is 1. The molecule has 0 spiro atoms. The van der Waals surface area contributed by atoms with E-state index in [2.05, 4.69) is 4.98 Å². The van der Waals surface area contributed by atoms with Gasteiger partial charge in [0, 0.05) is 19.6 Å². The number of hydrogen-bond acceptors (Lipinski definition) is 4. The van der Waals surface area contributed by atoms with Crippen molar-refractivity contribution in [3.8, 4) is 10.6 Å². The van der Waals surface area contributed by atoms with Crippen LogP contribution in [0.2, 0.25) is 0 Å². The number of ether oxygens (including phenoxy) is 1. The van der Waals surface area contributed by atoms with Gasteiger partial charge in [-0.1, -0.05) is 18.2 Å². The lowest BCUT2D eigenvalue weighted by Gasteiger charge is -2.01. The van der Waals surface area contributed by atoms with Gasteiger partial charge in [0.2, 0.25) is 0 Å². The number of ketones is 1. The maximum Gasteiger partial charge on any atom is 0.171 e. The number of carbonyl (C=O) groups excluding carboxylic acids is 1. The summed E-state index contributed by atoms with van der Waals surface area (Å²) in [5.41, 5.74) is 2.94. The zero-order valence-corrected chi connectivity index (χ0v) is 11.5. The molecule has 1 heterocycles. The van der Waals surface area contributed by atoms with Gasteiger partial charge in [0.05, 0.1) is 17.2 Å². The van der Waals surface area contributed by atoms with Crippen LogP contribution in [0.15, 0.2) is 24.3 Å². The van der Waals surface area contributed by atoms with E-state index in [1.54, 1.807) is 14.0 Å². The summed E-state index contributed by atoms with van der Waals surface area (Å²) in [6.45, 7) is 4.03. The van der Waals surface area contributed by atoms with Crippen molar-refractivity contribution in [3.63, 3.8) is 0 Å². The van der Waals surface area contributed by atoms with E-state index < -0.39 is 0 Å². The first-order chi connectivity index (χ1) is 8.61. The molecule has 94 valence electrons. The third-order valence-corrected chi connectivity index (χ3v) is 3.91. The van der Waals surface area contributed by atoms with Gasteiger partial charge >= 0.3 is 0 Å². The van der Waals surface area contributed by atoms with Gasteiger partial charge < -0.3 is 4.74 Å². The molecule has 18 heavy (non-hydrogen) atoms. The zero-order valence-electron chi connectivity index (χ0n) is 10.7. The molecule has 0 amide bonds. The first kappa shape index (κ1) is 12.9. The molecular formula is C14H15NO2S. The minimum absolute atomic E-state index is 0.0734. The standard InChI is InChI=1S/C14H15NO2S/c1-9-13(10(2)16)18-14(15-9)12-6-4-5-11(7-12)8-17-3/h4-7H,8H2,1-3H3. The van der Waals surface area contributed by atoms with Crippen molar-refractivity contribution < 1.29 is 9.53 Å². The molecule has 0 aliphatic rings. The minimum atomic E-state index is 0.0734. The normalized spacial score (nSPS) is 10.6. The van der Waals surface area contributed by atoms with Crippen molar-refractivity contribution in [1.29, 1.82) is 0 Å². The van der Waals surface area contributed by atoms with E-state index in [-0.39, 0.29) is 5.78 Å². The van der Waals surface area contributed by atoms with Gasteiger partial charge in [-0.2, -0.15) is 0 Å². The summed E-state index contributed by atoms with van der Waals surface area (Å²) < 4.78 is 5.11. The van der Waals surface area contributed by atoms with E-state index in [9.17, 15) is 4.79 Å². The molecule has 0 saturated heterocycles. The van der Waals surface area contributed by atoms with Crippen LogP contribution in [-0.2, 0) is 11.3 Å². The summed E-state index contributed by atoms with van der Waals surface area (Å²) in [4.78, 5) is 16.6. The van der Waals surface area contributed by atoms with Gasteiger partial charge in [0.1, 0.15) is 5.01 Å². The molecule has 3 nitrogen and oxygen atoms in total. The molecule has 2 rings (SSSR count). The highest BCUT2D eigenvalue weighted by molar-refractivity contribution is 7.17. The number of nitrogens with zero attached hydrogens (tertiary/aromatic N) is 1. The summed E-state index contributed by atoms with van der Waals surface area (Å²) in [5, 5.41) is 0.885. The number of Topliss-reactive ketones (excluding diaryl/α,β-unsaturated/α-hetero) is 1. The van der Waals surface area contributed by atoms with Crippen LogP contribution in [0.25, 0.3) is 10.6 Å². The summed E-state index contributed by atoms with van der Waals surface area (Å²) in [6.07, 6.45) is 0. The van der Waals surface area contributed by atoms with Crippen LogP contribution >= 0.6 is 11.3 Å². The van der Waals surface area contributed by atoms with E-state index in [1.807, 2.05) is 31.2 Å². The van der Waals surface area contributed by atoms with E-state index in [4.69, 9.17) is 4.74 Å². The van der Waals surface area contributed by atoms with E-state index >= 15 is 0 Å². The summed E-state index contributed by atoms with van der Waals surface area (Å²) >= 11 is 1.45. The number of aryl methyl sites for hydroxylation is 1. The highest BCUT2D eigenvalue weighted by atomic mass is 32.1. The molecule has 4 heteroatoms. The number of hydrogen-bond donors (Lipinski definition) is 0. The third-order valence-electron chi connectivity index (χ3n) is 2.60. The van der Waals surface area contributed by atoms with Crippen LogP contribution in [0.1, 0.15) is 27.9 Å². The Bertz CT molecular complexity index is 575. The highest BCUT2D eigenvalue weighted by Crippen LogP contribution is 2.28. The Kier molecular flexibility index (Phi) is 3.89. The second-order valence-corrected chi connectivity index (χ2v) is 5.12. The molecule has 0 fully saturated rings. The summed E-state index contributed by atoms with van der Waals surface area (Å²) in [7, 11) is 1.67. The Morgan fingerprint density at radius 3 is 2.83 bits per heavy atom. The van der Waals surface area contributed by atoms with E-state index in [0.717, 1.165) is 26.7 Å². The first-order valence-corrected chi connectivity index (χ1v) is 6.50. The molecule has 0 radical (unpaired) electrons. The van der Waals surface area contributed by atoms with Crippen molar-refractivity contribution in [2.45, 2.75) is 20.5 Å². The van der Waals surface area contributed by atoms with Crippen LogP contribution in [0.3, 0.4) is 0 Å². The lowest BCUT2D eigenvalue weighted by molar-refractivity contribution is 0.102. The number of methoxy groups -OCH3 is 1. The SMILES string of the molecule is COCc1cccc(-c2nc(C)c(C(C)=O)s2)c1. The minimum Gasteiger partial charge on any atom is -0.380 e. The molecule has 0 saturated carbocycles. The molecule has 1 aromatic heterocycles. The van der Waals surface area contributed by atoms with Gasteiger partial charge in [-0.05, 0) is 18.6 Å². The monoisotopic (exact) mass is 261 g/mol. The van der Waals surface area contributed by atoms with Crippen LogP contribution in [0.4, 0.5) is 0 Å². The molecule has 0 atom stereocenters. The van der Waals surface area contributed by atoms with Crippen molar-refractivity contribution in [2.24, 2.45) is 0 Å². The van der Waals surface area contributed by atoms with E-state index in [1.165, 1.54) is 11.3 Å². The van der Waals surface area contributed by atoms with Gasteiger partial charge in [-0.15, -0.1) is 11.3 Å². The molecule has 0 N–H and O–H groups in total. The molecule has 0 bridgehead atoms. The Morgan fingerprint density at radius 2 is 2.22 bits per heavy atom. The van der Waals surface area contributed by atoms with Crippen LogP contribution < -0.4 is 0 Å². The van der Waals surface area contributed by atoms with Crippen LogP contribution in [0.5, 0.6) is 0 Å². The first-order valence-electron chi connectivity index (χ1n) is 5.68. The number of carbonyl (C=O) groups is 1. The third kappa shape index (κ3) is 2.66. The van der Waals surface area contributed by atoms with Crippen molar-refractivity contribution in [1.82, 2.24) is 4.98 Å². The zero-order chi connectivity index (χ0) is 13.1. The van der Waals surface area contributed by atoms with Crippen molar-refractivity contribution in [3.05, 3.63) is 40.4 Å². The van der Waals surface area contributed by atoms with Crippen molar-refractivity contribution >= 4 is 17.1 Å². The van der Waals surface area contributed by atoms with E-state index in [0.29, 0.717) is 6.61 Å². The smallest absolute Gasteiger partial charge is 0.171 e. The summed E-state index contributed by atoms with van der Waals surface area (Å²) in [5.74, 6) is 0.0734. The van der Waals surface area contributed by atoms with Crippen LogP contribution in [-0.4, -0.2) is 17.9 Å². The maximum absolute atomic E-state index is 11.4. The average Bonchev–Trinajstić information content (AvgIpc) is 2.72. The topological polar surface area (TPSA) is 39.2 Å². The van der Waals surface area contributed by atoms with Crippen LogP contribution in [0, 0.1) is 6.92 Å². The van der Waals surface area contributed by atoms with Crippen molar-refractivity contribution in [2.75, 3.05) is 7.11 Å².